The number of rotatable bonds is 6. The van der Waals surface area contributed by atoms with Crippen LogP contribution in [0.15, 0.2) is 24.3 Å². The Labute approximate surface area is 123 Å². The first-order chi connectivity index (χ1) is 9.10. The minimum Gasteiger partial charge on any atom is -0.389 e. The molecule has 1 rings (SSSR count). The Morgan fingerprint density at radius 1 is 1.20 bits per heavy atom. The predicted molar refractivity (Wildman–Crippen MR) is 83.9 cm³/mol. The maximum absolute atomic E-state index is 9.99. The van der Waals surface area contributed by atoms with Gasteiger partial charge in [-0.25, -0.2) is 0 Å². The van der Waals surface area contributed by atoms with Crippen LogP contribution < -0.4 is 5.32 Å². The lowest BCUT2D eigenvalue weighted by molar-refractivity contribution is -0.0491. The predicted octanol–water partition coefficient (Wildman–Crippen LogP) is 3.00. The molecule has 0 saturated heterocycles. The summed E-state index contributed by atoms with van der Waals surface area (Å²) in [5, 5.41) is 13.4. The number of benzene rings is 1. The normalized spacial score (nSPS) is 14.3. The highest BCUT2D eigenvalue weighted by atomic mass is 16.5. The van der Waals surface area contributed by atoms with Crippen molar-refractivity contribution >= 4 is 0 Å². The molecule has 0 aliphatic heterocycles. The number of aliphatic hydroxyl groups is 1. The Balaban J connectivity index is 2.51. The Bertz CT molecular complexity index is 421. The molecule has 0 fully saturated rings. The fraction of sp³-hybridized carbons (Fsp3) is 0.647. The van der Waals surface area contributed by atoms with E-state index in [1.165, 1.54) is 11.1 Å². The smallest absolute Gasteiger partial charge is 0.0898 e. The maximum Gasteiger partial charge on any atom is 0.0898 e. The van der Waals surface area contributed by atoms with Crippen LogP contribution in [0.25, 0.3) is 0 Å². The van der Waals surface area contributed by atoms with Gasteiger partial charge in [0.25, 0.3) is 0 Å². The summed E-state index contributed by atoms with van der Waals surface area (Å²) in [6.07, 6.45) is -0.502. The first-order valence-corrected chi connectivity index (χ1v) is 7.24. The van der Waals surface area contributed by atoms with Gasteiger partial charge in [0, 0.05) is 12.1 Å². The van der Waals surface area contributed by atoms with E-state index < -0.39 is 6.10 Å². The second-order valence-electron chi connectivity index (χ2n) is 6.95. The Morgan fingerprint density at radius 2 is 1.85 bits per heavy atom. The molecule has 3 heteroatoms. The Morgan fingerprint density at radius 3 is 2.40 bits per heavy atom. The van der Waals surface area contributed by atoms with E-state index in [0.717, 1.165) is 0 Å². The van der Waals surface area contributed by atoms with Gasteiger partial charge in [-0.1, -0.05) is 29.8 Å². The highest BCUT2D eigenvalue weighted by molar-refractivity contribution is 5.27. The summed E-state index contributed by atoms with van der Waals surface area (Å²) in [7, 11) is 0. The number of nitrogens with one attached hydrogen (secondary N) is 1. The van der Waals surface area contributed by atoms with Gasteiger partial charge in [-0.3, -0.25) is 0 Å². The summed E-state index contributed by atoms with van der Waals surface area (Å²) < 4.78 is 5.59. The molecular weight excluding hydrogens is 250 g/mol. The van der Waals surface area contributed by atoms with Crippen LogP contribution in [0, 0.1) is 6.92 Å². The van der Waals surface area contributed by atoms with Crippen LogP contribution in [-0.4, -0.2) is 30.0 Å². The van der Waals surface area contributed by atoms with Gasteiger partial charge in [0.15, 0.2) is 0 Å². The summed E-state index contributed by atoms with van der Waals surface area (Å²) in [5.74, 6) is 0. The van der Waals surface area contributed by atoms with E-state index in [1.807, 2.05) is 20.8 Å². The zero-order valence-electron chi connectivity index (χ0n) is 13.7. The third kappa shape index (κ3) is 6.04. The second-order valence-corrected chi connectivity index (χ2v) is 6.95. The molecule has 1 unspecified atom stereocenters. The van der Waals surface area contributed by atoms with E-state index in [4.69, 9.17) is 4.74 Å². The van der Waals surface area contributed by atoms with Crippen molar-refractivity contribution in [3.05, 3.63) is 35.4 Å². The van der Waals surface area contributed by atoms with Crippen molar-refractivity contribution in [2.45, 2.75) is 58.8 Å². The number of hydrogen-bond donors (Lipinski definition) is 2. The third-order valence-corrected chi connectivity index (χ3v) is 3.23. The van der Waals surface area contributed by atoms with Gasteiger partial charge in [-0.15, -0.1) is 0 Å². The lowest BCUT2D eigenvalue weighted by Crippen LogP contribution is -2.43. The van der Waals surface area contributed by atoms with E-state index in [0.29, 0.717) is 13.2 Å². The quantitative estimate of drug-likeness (QED) is 0.841. The molecule has 1 atom stereocenters. The van der Waals surface area contributed by atoms with Crippen LogP contribution >= 0.6 is 0 Å². The molecule has 1 aromatic rings. The average Bonchev–Trinajstić information content (AvgIpc) is 2.33. The van der Waals surface area contributed by atoms with Gasteiger partial charge in [0.05, 0.1) is 18.3 Å². The van der Waals surface area contributed by atoms with Gasteiger partial charge in [-0.05, 0) is 47.1 Å². The maximum atomic E-state index is 9.99. The summed E-state index contributed by atoms with van der Waals surface area (Å²) in [6.45, 7) is 13.2. The van der Waals surface area contributed by atoms with E-state index in [2.05, 4.69) is 50.4 Å². The molecule has 0 radical (unpaired) electrons. The zero-order chi connectivity index (χ0) is 15.4. The largest absolute Gasteiger partial charge is 0.389 e. The minimum atomic E-state index is -0.502. The van der Waals surface area contributed by atoms with Crippen LogP contribution in [0.4, 0.5) is 0 Å². The SMILES string of the molecule is Cc1cccc(C(C)(C)NCC(O)COC(C)(C)C)c1. The molecular formula is C17H29NO2. The molecule has 1 aromatic carbocycles. The average molecular weight is 279 g/mol. The van der Waals surface area contributed by atoms with Crippen molar-refractivity contribution < 1.29 is 9.84 Å². The van der Waals surface area contributed by atoms with Crippen molar-refractivity contribution in [3.63, 3.8) is 0 Å². The molecule has 0 heterocycles. The fourth-order valence-electron chi connectivity index (χ4n) is 1.91. The van der Waals surface area contributed by atoms with Crippen LogP contribution in [0.1, 0.15) is 45.7 Å². The minimum absolute atomic E-state index is 0.172. The van der Waals surface area contributed by atoms with Gasteiger partial charge in [0.2, 0.25) is 0 Å². The third-order valence-electron chi connectivity index (χ3n) is 3.23. The van der Waals surface area contributed by atoms with E-state index in [9.17, 15) is 5.11 Å². The van der Waals surface area contributed by atoms with Crippen molar-refractivity contribution in [1.29, 1.82) is 0 Å². The lowest BCUT2D eigenvalue weighted by atomic mass is 9.93. The fourth-order valence-corrected chi connectivity index (χ4v) is 1.91. The van der Waals surface area contributed by atoms with Crippen LogP contribution in [-0.2, 0) is 10.3 Å². The molecule has 0 aromatic heterocycles. The number of hydrogen-bond acceptors (Lipinski definition) is 3. The summed E-state index contributed by atoms with van der Waals surface area (Å²) in [6, 6.07) is 8.43. The topological polar surface area (TPSA) is 41.5 Å². The standard InChI is InChI=1S/C17H29NO2/c1-13-8-7-9-14(10-13)17(5,6)18-11-15(19)12-20-16(2,3)4/h7-10,15,18-19H,11-12H2,1-6H3. The molecule has 0 aliphatic rings. The zero-order valence-corrected chi connectivity index (χ0v) is 13.7. The van der Waals surface area contributed by atoms with Crippen molar-refractivity contribution in [1.82, 2.24) is 5.32 Å². The summed E-state index contributed by atoms with van der Waals surface area (Å²) >= 11 is 0. The van der Waals surface area contributed by atoms with Crippen LogP contribution in [0.2, 0.25) is 0 Å². The van der Waals surface area contributed by atoms with Crippen molar-refractivity contribution in [2.24, 2.45) is 0 Å². The van der Waals surface area contributed by atoms with Crippen molar-refractivity contribution in [2.75, 3.05) is 13.2 Å². The highest BCUT2D eigenvalue weighted by Crippen LogP contribution is 2.20. The summed E-state index contributed by atoms with van der Waals surface area (Å²) in [5.41, 5.74) is 2.08. The second kappa shape index (κ2) is 6.70. The lowest BCUT2D eigenvalue weighted by Gasteiger charge is -2.29. The van der Waals surface area contributed by atoms with Crippen LogP contribution in [0.3, 0.4) is 0 Å². The first kappa shape index (κ1) is 17.2. The molecule has 0 amide bonds. The molecule has 0 spiro atoms. The van der Waals surface area contributed by atoms with E-state index in [-0.39, 0.29) is 11.1 Å². The Hall–Kier alpha value is -0.900. The van der Waals surface area contributed by atoms with Gasteiger partial charge in [0.1, 0.15) is 0 Å². The molecule has 0 aliphatic carbocycles. The monoisotopic (exact) mass is 279 g/mol. The Kier molecular flexibility index (Phi) is 5.75. The molecule has 2 N–H and O–H groups in total. The summed E-state index contributed by atoms with van der Waals surface area (Å²) in [4.78, 5) is 0. The number of aliphatic hydroxyl groups excluding tert-OH is 1. The number of ether oxygens (including phenoxy) is 1. The van der Waals surface area contributed by atoms with E-state index in [1.54, 1.807) is 0 Å². The molecule has 0 bridgehead atoms. The van der Waals surface area contributed by atoms with Gasteiger partial charge in [-0.2, -0.15) is 0 Å². The first-order valence-electron chi connectivity index (χ1n) is 7.24. The molecule has 3 nitrogen and oxygen atoms in total. The van der Waals surface area contributed by atoms with E-state index >= 15 is 0 Å². The molecule has 114 valence electrons. The molecule has 0 saturated carbocycles. The number of aryl methyl sites for hydroxylation is 1. The van der Waals surface area contributed by atoms with Gasteiger partial charge >= 0.3 is 0 Å². The van der Waals surface area contributed by atoms with Crippen LogP contribution in [0.5, 0.6) is 0 Å². The van der Waals surface area contributed by atoms with Crippen molar-refractivity contribution in [3.8, 4) is 0 Å². The molecule has 20 heavy (non-hydrogen) atoms. The highest BCUT2D eigenvalue weighted by Gasteiger charge is 2.21. The van der Waals surface area contributed by atoms with Gasteiger partial charge < -0.3 is 15.2 Å².